The number of amides is 1. The Balaban J connectivity index is 2.90. The van der Waals surface area contributed by atoms with Gasteiger partial charge in [0, 0.05) is 12.6 Å². The Bertz CT molecular complexity index is 547. The molecular formula is C11H13NO5S. The number of methoxy groups -OCH3 is 1. The zero-order chi connectivity index (χ0) is 13.8. The first kappa shape index (κ1) is 14.2. The molecule has 1 aromatic rings. The number of sulfone groups is 1. The summed E-state index contributed by atoms with van der Waals surface area (Å²) in [5.41, 5.74) is 0.486. The summed E-state index contributed by atoms with van der Waals surface area (Å²) in [4.78, 5) is 21.7. The number of ether oxygens (including phenoxy) is 1. The average molecular weight is 271 g/mol. The van der Waals surface area contributed by atoms with Crippen molar-refractivity contribution in [2.45, 2.75) is 11.8 Å². The Morgan fingerprint density at radius 1 is 1.22 bits per heavy atom. The van der Waals surface area contributed by atoms with Gasteiger partial charge in [-0.05, 0) is 24.3 Å². The van der Waals surface area contributed by atoms with Gasteiger partial charge in [0.05, 0.1) is 12.0 Å². The Morgan fingerprint density at radius 2 is 1.78 bits per heavy atom. The van der Waals surface area contributed by atoms with Crippen molar-refractivity contribution in [3.63, 3.8) is 0 Å². The van der Waals surface area contributed by atoms with Gasteiger partial charge in [0.25, 0.3) is 0 Å². The highest BCUT2D eigenvalue weighted by molar-refractivity contribution is 7.92. The number of carbonyl (C=O) groups excluding carboxylic acids is 2. The van der Waals surface area contributed by atoms with Crippen LogP contribution in [0.2, 0.25) is 0 Å². The summed E-state index contributed by atoms with van der Waals surface area (Å²) >= 11 is 0. The van der Waals surface area contributed by atoms with E-state index in [0.29, 0.717) is 5.69 Å². The Morgan fingerprint density at radius 3 is 2.22 bits per heavy atom. The van der Waals surface area contributed by atoms with Crippen molar-refractivity contribution in [3.05, 3.63) is 24.3 Å². The third kappa shape index (κ3) is 3.85. The van der Waals surface area contributed by atoms with Crippen molar-refractivity contribution in [1.29, 1.82) is 0 Å². The van der Waals surface area contributed by atoms with E-state index >= 15 is 0 Å². The van der Waals surface area contributed by atoms with E-state index in [1.165, 1.54) is 31.2 Å². The maximum Gasteiger partial charge on any atom is 0.321 e. The van der Waals surface area contributed by atoms with Crippen LogP contribution in [0.4, 0.5) is 5.69 Å². The largest absolute Gasteiger partial charge is 0.468 e. The molecule has 6 nitrogen and oxygen atoms in total. The molecular weight excluding hydrogens is 258 g/mol. The number of carbonyl (C=O) groups is 2. The van der Waals surface area contributed by atoms with E-state index in [-0.39, 0.29) is 10.8 Å². The van der Waals surface area contributed by atoms with Crippen molar-refractivity contribution < 1.29 is 22.7 Å². The van der Waals surface area contributed by atoms with Crippen LogP contribution in [0, 0.1) is 0 Å². The van der Waals surface area contributed by atoms with Crippen LogP contribution in [0.5, 0.6) is 0 Å². The van der Waals surface area contributed by atoms with E-state index in [1.54, 1.807) is 0 Å². The van der Waals surface area contributed by atoms with Gasteiger partial charge in [0.15, 0.2) is 15.6 Å². The molecule has 0 aliphatic rings. The highest BCUT2D eigenvalue weighted by Gasteiger charge is 2.19. The standard InChI is InChI=1S/C11H13NO5S/c1-8(13)12-9-3-5-10(6-4-9)18(15,16)7-11(14)17-2/h3-6H,7H2,1-2H3,(H,12,13). The third-order valence-corrected chi connectivity index (χ3v) is 3.68. The predicted octanol–water partition coefficient (Wildman–Crippen LogP) is 0.592. The van der Waals surface area contributed by atoms with Crippen LogP contribution in [0.15, 0.2) is 29.2 Å². The number of rotatable bonds is 4. The van der Waals surface area contributed by atoms with E-state index < -0.39 is 21.6 Å². The van der Waals surface area contributed by atoms with Crippen LogP contribution >= 0.6 is 0 Å². The molecule has 0 aliphatic carbocycles. The molecule has 98 valence electrons. The summed E-state index contributed by atoms with van der Waals surface area (Å²) in [6.45, 7) is 1.35. The SMILES string of the molecule is COC(=O)CS(=O)(=O)c1ccc(NC(C)=O)cc1. The highest BCUT2D eigenvalue weighted by atomic mass is 32.2. The molecule has 1 rings (SSSR count). The van der Waals surface area contributed by atoms with Gasteiger partial charge in [-0.2, -0.15) is 0 Å². The van der Waals surface area contributed by atoms with Crippen molar-refractivity contribution in [2.24, 2.45) is 0 Å². The lowest BCUT2D eigenvalue weighted by Crippen LogP contribution is -2.17. The lowest BCUT2D eigenvalue weighted by molar-refractivity contribution is -0.137. The molecule has 0 spiro atoms. The normalized spacial score (nSPS) is 10.8. The fourth-order valence-electron chi connectivity index (χ4n) is 1.25. The molecule has 1 N–H and O–H groups in total. The van der Waals surface area contributed by atoms with Crippen LogP contribution in [0.1, 0.15) is 6.92 Å². The van der Waals surface area contributed by atoms with Gasteiger partial charge in [-0.15, -0.1) is 0 Å². The number of nitrogens with one attached hydrogen (secondary N) is 1. The van der Waals surface area contributed by atoms with Gasteiger partial charge < -0.3 is 10.1 Å². The first-order valence-electron chi connectivity index (χ1n) is 5.02. The van der Waals surface area contributed by atoms with Gasteiger partial charge in [0.1, 0.15) is 0 Å². The quantitative estimate of drug-likeness (QED) is 0.809. The minimum Gasteiger partial charge on any atom is -0.468 e. The van der Waals surface area contributed by atoms with Crippen LogP contribution in [-0.4, -0.2) is 33.2 Å². The monoisotopic (exact) mass is 271 g/mol. The smallest absolute Gasteiger partial charge is 0.321 e. The van der Waals surface area contributed by atoms with Crippen LogP contribution in [-0.2, 0) is 24.2 Å². The fourth-order valence-corrected chi connectivity index (χ4v) is 2.39. The molecule has 0 saturated carbocycles. The lowest BCUT2D eigenvalue weighted by atomic mass is 10.3. The fraction of sp³-hybridized carbons (Fsp3) is 0.273. The van der Waals surface area contributed by atoms with Gasteiger partial charge in [-0.25, -0.2) is 8.42 Å². The topological polar surface area (TPSA) is 89.5 Å². The van der Waals surface area contributed by atoms with Crippen LogP contribution in [0.25, 0.3) is 0 Å². The van der Waals surface area contributed by atoms with E-state index in [0.717, 1.165) is 7.11 Å². The summed E-state index contributed by atoms with van der Waals surface area (Å²) in [5, 5.41) is 2.51. The minimum atomic E-state index is -3.70. The van der Waals surface area contributed by atoms with Crippen molar-refractivity contribution in [1.82, 2.24) is 0 Å². The maximum atomic E-state index is 11.7. The van der Waals surface area contributed by atoms with Gasteiger partial charge in [-0.1, -0.05) is 0 Å². The first-order chi connectivity index (χ1) is 8.35. The molecule has 18 heavy (non-hydrogen) atoms. The van der Waals surface area contributed by atoms with E-state index in [4.69, 9.17) is 0 Å². The molecule has 0 saturated heterocycles. The second-order valence-corrected chi connectivity index (χ2v) is 5.53. The molecule has 0 unspecified atom stereocenters. The molecule has 0 fully saturated rings. The first-order valence-corrected chi connectivity index (χ1v) is 6.67. The van der Waals surface area contributed by atoms with Gasteiger partial charge in [-0.3, -0.25) is 9.59 Å². The summed E-state index contributed by atoms with van der Waals surface area (Å²) in [6.07, 6.45) is 0. The van der Waals surface area contributed by atoms with Crippen molar-refractivity contribution in [2.75, 3.05) is 18.2 Å². The van der Waals surface area contributed by atoms with Crippen LogP contribution in [0.3, 0.4) is 0 Å². The van der Waals surface area contributed by atoms with Crippen molar-refractivity contribution in [3.8, 4) is 0 Å². The van der Waals surface area contributed by atoms with E-state index in [1.807, 2.05) is 0 Å². The third-order valence-electron chi connectivity index (χ3n) is 2.07. The molecule has 0 bridgehead atoms. The number of benzene rings is 1. The van der Waals surface area contributed by atoms with Crippen LogP contribution < -0.4 is 5.32 Å². The van der Waals surface area contributed by atoms with Gasteiger partial charge >= 0.3 is 5.97 Å². The molecule has 0 aromatic heterocycles. The lowest BCUT2D eigenvalue weighted by Gasteiger charge is -2.05. The summed E-state index contributed by atoms with van der Waals surface area (Å²) in [6, 6.07) is 5.55. The molecule has 1 amide bonds. The molecule has 0 heterocycles. The predicted molar refractivity (Wildman–Crippen MR) is 64.8 cm³/mol. The second-order valence-electron chi connectivity index (χ2n) is 3.54. The van der Waals surface area contributed by atoms with E-state index in [9.17, 15) is 18.0 Å². The Hall–Kier alpha value is -1.89. The second kappa shape index (κ2) is 5.63. The van der Waals surface area contributed by atoms with Crippen molar-refractivity contribution >= 4 is 27.4 Å². The molecule has 1 aromatic carbocycles. The Kier molecular flexibility index (Phi) is 4.43. The number of hydrogen-bond donors (Lipinski definition) is 1. The summed E-state index contributed by atoms with van der Waals surface area (Å²) in [5.74, 6) is -1.77. The number of hydrogen-bond acceptors (Lipinski definition) is 5. The maximum absolute atomic E-state index is 11.7. The van der Waals surface area contributed by atoms with Gasteiger partial charge in [0.2, 0.25) is 5.91 Å². The summed E-state index contributed by atoms with van der Waals surface area (Å²) < 4.78 is 27.8. The Labute approximate surface area is 105 Å². The zero-order valence-electron chi connectivity index (χ0n) is 9.97. The molecule has 7 heteroatoms. The van der Waals surface area contributed by atoms with E-state index in [2.05, 4.69) is 10.1 Å². The average Bonchev–Trinajstić information content (AvgIpc) is 2.28. The number of esters is 1. The molecule has 0 atom stereocenters. The number of anilines is 1. The molecule has 0 radical (unpaired) electrons. The molecule has 0 aliphatic heterocycles. The minimum absolute atomic E-state index is 0.00185. The zero-order valence-corrected chi connectivity index (χ0v) is 10.8. The highest BCUT2D eigenvalue weighted by Crippen LogP contribution is 2.15. The summed E-state index contributed by atoms with van der Waals surface area (Å²) in [7, 11) is -2.58.